The summed E-state index contributed by atoms with van der Waals surface area (Å²) in [5.41, 5.74) is 1.33. The van der Waals surface area contributed by atoms with E-state index in [0.29, 0.717) is 53.7 Å². The summed E-state index contributed by atoms with van der Waals surface area (Å²) in [5, 5.41) is 3.29. The van der Waals surface area contributed by atoms with Gasteiger partial charge in [0.25, 0.3) is 0 Å². The van der Waals surface area contributed by atoms with E-state index in [0.717, 1.165) is 0 Å². The fraction of sp³-hybridized carbons (Fsp3) is 0.370. The lowest BCUT2D eigenvalue weighted by molar-refractivity contribution is -0.145. The molecule has 0 saturated carbocycles. The summed E-state index contributed by atoms with van der Waals surface area (Å²) in [6.07, 6.45) is 0.679. The Morgan fingerprint density at radius 1 is 1.19 bits per heavy atom. The van der Waals surface area contributed by atoms with Crippen LogP contribution in [0.3, 0.4) is 0 Å². The minimum atomic E-state index is -0.801. The van der Waals surface area contributed by atoms with Gasteiger partial charge in [-0.3, -0.25) is 9.59 Å². The van der Waals surface area contributed by atoms with Crippen LogP contribution in [-0.4, -0.2) is 39.5 Å². The number of amides is 1. The van der Waals surface area contributed by atoms with Crippen LogP contribution in [0.25, 0.3) is 11.3 Å². The molecule has 7 nitrogen and oxygen atoms in total. The lowest BCUT2D eigenvalue weighted by Gasteiger charge is -2.42. The Labute approximate surface area is 209 Å². The Hall–Kier alpha value is -3.75. The minimum Gasteiger partial charge on any atom is -0.466 e. The van der Waals surface area contributed by atoms with Crippen LogP contribution in [0.15, 0.2) is 42.5 Å². The van der Waals surface area contributed by atoms with Crippen molar-refractivity contribution in [3.63, 3.8) is 0 Å². The van der Waals surface area contributed by atoms with Gasteiger partial charge in [0.1, 0.15) is 35.5 Å². The first-order valence-electron chi connectivity index (χ1n) is 12.0. The summed E-state index contributed by atoms with van der Waals surface area (Å²) in [5.74, 6) is -0.00405. The van der Waals surface area contributed by atoms with E-state index in [4.69, 9.17) is 9.72 Å². The standard InChI is InChI=1S/C27H30F2N4O3/c1-5-36-23(35)10-7-13-33-22(34)16-32-25(30-20-11-12-21(29)17(2)14-20)24(31-26(32)27(33,3)4)18-8-6-9-19(28)15-18/h6,8-9,11-12,14-15,30H,5,7,10,13,16H2,1-4H3. The number of fused-ring (bicyclic) bond motifs is 1. The van der Waals surface area contributed by atoms with Crippen molar-refractivity contribution in [1.29, 1.82) is 0 Å². The Balaban J connectivity index is 1.74. The summed E-state index contributed by atoms with van der Waals surface area (Å²) >= 11 is 0. The highest BCUT2D eigenvalue weighted by molar-refractivity contribution is 5.83. The zero-order valence-electron chi connectivity index (χ0n) is 20.9. The number of benzene rings is 2. The number of carbonyl (C=O) groups is 2. The topological polar surface area (TPSA) is 76.5 Å². The first-order chi connectivity index (χ1) is 17.1. The first kappa shape index (κ1) is 25.3. The number of anilines is 2. The zero-order chi connectivity index (χ0) is 26.0. The van der Waals surface area contributed by atoms with Crippen molar-refractivity contribution in [1.82, 2.24) is 14.5 Å². The van der Waals surface area contributed by atoms with Crippen LogP contribution >= 0.6 is 0 Å². The molecule has 1 N–H and O–H groups in total. The van der Waals surface area contributed by atoms with Crippen LogP contribution in [0.1, 0.15) is 45.0 Å². The normalized spacial score (nSPS) is 14.5. The monoisotopic (exact) mass is 496 g/mol. The number of imidazole rings is 1. The fourth-order valence-electron chi connectivity index (χ4n) is 4.57. The van der Waals surface area contributed by atoms with Crippen LogP contribution in [0, 0.1) is 18.6 Å². The van der Waals surface area contributed by atoms with Crippen molar-refractivity contribution < 1.29 is 23.1 Å². The van der Waals surface area contributed by atoms with E-state index in [-0.39, 0.29) is 30.7 Å². The highest BCUT2D eigenvalue weighted by Crippen LogP contribution is 2.40. The van der Waals surface area contributed by atoms with Gasteiger partial charge in [0.05, 0.1) is 12.1 Å². The van der Waals surface area contributed by atoms with Crippen molar-refractivity contribution >= 4 is 23.4 Å². The second kappa shape index (κ2) is 10.1. The third-order valence-electron chi connectivity index (χ3n) is 6.37. The molecule has 3 aromatic rings. The van der Waals surface area contributed by atoms with E-state index in [2.05, 4.69) is 5.32 Å². The van der Waals surface area contributed by atoms with Gasteiger partial charge >= 0.3 is 5.97 Å². The summed E-state index contributed by atoms with van der Waals surface area (Å²) in [4.78, 5) is 31.7. The molecular weight excluding hydrogens is 466 g/mol. The second-order valence-electron chi connectivity index (χ2n) is 9.33. The van der Waals surface area contributed by atoms with Gasteiger partial charge in [0, 0.05) is 24.2 Å². The number of aryl methyl sites for hydroxylation is 1. The summed E-state index contributed by atoms with van der Waals surface area (Å²) in [6.45, 7) is 7.92. The fourth-order valence-corrected chi connectivity index (χ4v) is 4.57. The molecule has 2 heterocycles. The van der Waals surface area contributed by atoms with Crippen molar-refractivity contribution in [2.75, 3.05) is 18.5 Å². The largest absolute Gasteiger partial charge is 0.466 e. The van der Waals surface area contributed by atoms with E-state index in [1.165, 1.54) is 18.2 Å². The molecule has 1 aliphatic heterocycles. The molecule has 1 aromatic heterocycles. The number of nitrogens with one attached hydrogen (secondary N) is 1. The molecule has 0 unspecified atom stereocenters. The number of hydrogen-bond donors (Lipinski definition) is 1. The Morgan fingerprint density at radius 3 is 2.67 bits per heavy atom. The van der Waals surface area contributed by atoms with Crippen LogP contribution in [0.4, 0.5) is 20.3 Å². The maximum Gasteiger partial charge on any atom is 0.305 e. The molecule has 0 aliphatic carbocycles. The third kappa shape index (κ3) is 4.96. The van der Waals surface area contributed by atoms with Crippen LogP contribution < -0.4 is 5.32 Å². The number of rotatable bonds is 8. The molecule has 0 fully saturated rings. The molecule has 1 amide bonds. The van der Waals surface area contributed by atoms with Crippen molar-refractivity contribution in [3.8, 4) is 11.3 Å². The number of nitrogens with zero attached hydrogens (tertiary/aromatic N) is 3. The highest BCUT2D eigenvalue weighted by atomic mass is 19.1. The van der Waals surface area contributed by atoms with Gasteiger partial charge in [-0.15, -0.1) is 0 Å². The summed E-state index contributed by atoms with van der Waals surface area (Å²) < 4.78 is 34.8. The highest BCUT2D eigenvalue weighted by Gasteiger charge is 2.42. The van der Waals surface area contributed by atoms with Gasteiger partial charge in [-0.05, 0) is 70.0 Å². The molecular formula is C27H30F2N4O3. The molecule has 36 heavy (non-hydrogen) atoms. The average Bonchev–Trinajstić information content (AvgIpc) is 3.17. The van der Waals surface area contributed by atoms with Crippen molar-refractivity contribution in [3.05, 3.63) is 65.5 Å². The Morgan fingerprint density at radius 2 is 1.97 bits per heavy atom. The number of carbonyl (C=O) groups excluding carboxylic acids is 2. The molecule has 190 valence electrons. The predicted octanol–water partition coefficient (Wildman–Crippen LogP) is 5.30. The van der Waals surface area contributed by atoms with E-state index in [1.54, 1.807) is 47.6 Å². The smallest absolute Gasteiger partial charge is 0.305 e. The van der Waals surface area contributed by atoms with Gasteiger partial charge in [-0.2, -0.15) is 0 Å². The van der Waals surface area contributed by atoms with Crippen LogP contribution in [0.5, 0.6) is 0 Å². The first-order valence-corrected chi connectivity index (χ1v) is 12.0. The van der Waals surface area contributed by atoms with E-state index < -0.39 is 11.4 Å². The molecule has 2 aromatic carbocycles. The molecule has 0 spiro atoms. The number of ether oxygens (including phenoxy) is 1. The lowest BCUT2D eigenvalue weighted by Crippen LogP contribution is -2.53. The maximum atomic E-state index is 14.1. The molecule has 0 saturated heterocycles. The SMILES string of the molecule is CCOC(=O)CCCN1C(=O)Cn2c(nc(-c3cccc(F)c3)c2Nc2ccc(F)c(C)c2)C1(C)C. The molecule has 0 atom stereocenters. The molecule has 1 aliphatic rings. The van der Waals surface area contributed by atoms with Gasteiger partial charge in [0.15, 0.2) is 0 Å². The van der Waals surface area contributed by atoms with Crippen molar-refractivity contribution in [2.24, 2.45) is 0 Å². The van der Waals surface area contributed by atoms with E-state index in [1.807, 2.05) is 13.8 Å². The average molecular weight is 497 g/mol. The van der Waals surface area contributed by atoms with Crippen molar-refractivity contribution in [2.45, 2.75) is 52.6 Å². The van der Waals surface area contributed by atoms with Gasteiger partial charge in [-0.25, -0.2) is 13.8 Å². The molecule has 9 heteroatoms. The Kier molecular flexibility index (Phi) is 7.10. The molecule has 0 bridgehead atoms. The minimum absolute atomic E-state index is 0.0169. The maximum absolute atomic E-state index is 14.1. The number of halogens is 2. The lowest BCUT2D eigenvalue weighted by atomic mass is 9.98. The van der Waals surface area contributed by atoms with E-state index >= 15 is 0 Å². The summed E-state index contributed by atoms with van der Waals surface area (Å²) in [7, 11) is 0. The Bertz CT molecular complexity index is 1300. The molecule has 0 radical (unpaired) electrons. The number of esters is 1. The number of aromatic nitrogens is 2. The van der Waals surface area contributed by atoms with Crippen LogP contribution in [0.2, 0.25) is 0 Å². The van der Waals surface area contributed by atoms with E-state index in [9.17, 15) is 18.4 Å². The quantitative estimate of drug-likeness (QED) is 0.428. The second-order valence-corrected chi connectivity index (χ2v) is 9.33. The summed E-state index contributed by atoms with van der Waals surface area (Å²) in [6, 6.07) is 10.7. The predicted molar refractivity (Wildman–Crippen MR) is 133 cm³/mol. The number of hydrogen-bond acceptors (Lipinski definition) is 5. The zero-order valence-corrected chi connectivity index (χ0v) is 20.9. The van der Waals surface area contributed by atoms with Gasteiger partial charge in [0.2, 0.25) is 5.91 Å². The van der Waals surface area contributed by atoms with Crippen LogP contribution in [-0.2, 0) is 26.4 Å². The third-order valence-corrected chi connectivity index (χ3v) is 6.37. The van der Waals surface area contributed by atoms with Gasteiger partial charge < -0.3 is 19.5 Å². The van der Waals surface area contributed by atoms with Gasteiger partial charge in [-0.1, -0.05) is 12.1 Å². The molecule has 4 rings (SSSR count).